The standard InChI is InChI=1S/C26H23ClFN5O4/c1-26(2,3)37-25(34)32-11-18-16(19(18)12-32)6-4-14-8-21-17(10-23(14)33(35)36)24(30-13-29-21)31-22-9-15(27)5-7-20(22)28/h5,7-10,13,16,18-19H,11-12H2,1-3H3,(H,29,30,31). The number of likely N-dealkylation sites (tertiary alicyclic amines) is 1. The van der Waals surface area contributed by atoms with E-state index in [0.29, 0.717) is 29.0 Å². The van der Waals surface area contributed by atoms with Gasteiger partial charge in [-0.15, -0.1) is 0 Å². The number of nitro benzene ring substituents is 1. The van der Waals surface area contributed by atoms with E-state index in [4.69, 9.17) is 16.3 Å². The number of carbonyl (C=O) groups excluding carboxylic acids is 1. The molecule has 0 bridgehead atoms. The van der Waals surface area contributed by atoms with Gasteiger partial charge in [-0.1, -0.05) is 23.4 Å². The van der Waals surface area contributed by atoms with Crippen LogP contribution in [0, 0.1) is 45.5 Å². The maximum absolute atomic E-state index is 14.2. The lowest BCUT2D eigenvalue weighted by Gasteiger charge is -2.25. The van der Waals surface area contributed by atoms with Gasteiger partial charge in [0.2, 0.25) is 0 Å². The molecule has 2 aliphatic rings. The summed E-state index contributed by atoms with van der Waals surface area (Å²) in [6, 6.07) is 6.90. The fraction of sp³-hybridized carbons (Fsp3) is 0.346. The van der Waals surface area contributed by atoms with Crippen molar-refractivity contribution in [2.24, 2.45) is 17.8 Å². The Kier molecular flexibility index (Phi) is 6.12. The Morgan fingerprint density at radius 1 is 1.24 bits per heavy atom. The van der Waals surface area contributed by atoms with Crippen LogP contribution in [0.15, 0.2) is 36.7 Å². The number of aromatic nitrogens is 2. The van der Waals surface area contributed by atoms with Crippen molar-refractivity contribution in [2.45, 2.75) is 26.4 Å². The van der Waals surface area contributed by atoms with Gasteiger partial charge in [0.15, 0.2) is 0 Å². The molecule has 1 aliphatic heterocycles. The number of nitrogens with zero attached hydrogens (tertiary/aromatic N) is 4. The second-order valence-electron chi connectivity index (χ2n) is 10.1. The molecule has 2 aromatic carbocycles. The number of piperidine rings is 1. The number of halogens is 2. The molecule has 190 valence electrons. The molecule has 1 amide bonds. The molecule has 1 saturated heterocycles. The van der Waals surface area contributed by atoms with Gasteiger partial charge in [0, 0.05) is 35.5 Å². The number of rotatable bonds is 3. The van der Waals surface area contributed by atoms with Crippen molar-refractivity contribution in [3.8, 4) is 11.8 Å². The van der Waals surface area contributed by atoms with Crippen molar-refractivity contribution in [2.75, 3.05) is 18.4 Å². The molecule has 11 heteroatoms. The van der Waals surface area contributed by atoms with Crippen LogP contribution < -0.4 is 5.32 Å². The van der Waals surface area contributed by atoms with Gasteiger partial charge in [0.25, 0.3) is 5.69 Å². The zero-order valence-electron chi connectivity index (χ0n) is 20.3. The lowest BCUT2D eigenvalue weighted by Crippen LogP contribution is -2.37. The minimum atomic E-state index is -0.556. The van der Waals surface area contributed by atoms with Gasteiger partial charge in [0.05, 0.1) is 16.1 Å². The number of hydrogen-bond donors (Lipinski definition) is 1. The fourth-order valence-corrected chi connectivity index (χ4v) is 4.71. The highest BCUT2D eigenvalue weighted by atomic mass is 35.5. The van der Waals surface area contributed by atoms with Crippen molar-refractivity contribution in [1.82, 2.24) is 14.9 Å². The maximum Gasteiger partial charge on any atom is 0.410 e. The van der Waals surface area contributed by atoms with Crippen molar-refractivity contribution in [3.05, 3.63) is 63.2 Å². The number of nitro groups is 1. The van der Waals surface area contributed by atoms with Crippen LogP contribution in [-0.4, -0.2) is 44.6 Å². The zero-order chi connectivity index (χ0) is 26.5. The third kappa shape index (κ3) is 5.13. The zero-order valence-corrected chi connectivity index (χ0v) is 21.0. The molecule has 2 heterocycles. The Labute approximate surface area is 217 Å². The van der Waals surface area contributed by atoms with Gasteiger partial charge >= 0.3 is 6.09 Å². The van der Waals surface area contributed by atoms with Crippen LogP contribution >= 0.6 is 11.6 Å². The van der Waals surface area contributed by atoms with E-state index in [1.807, 2.05) is 20.8 Å². The molecule has 1 saturated carbocycles. The molecule has 1 aromatic heterocycles. The number of ether oxygens (including phenoxy) is 1. The van der Waals surface area contributed by atoms with E-state index in [0.717, 1.165) is 0 Å². The molecule has 5 rings (SSSR count). The van der Waals surface area contributed by atoms with Gasteiger partial charge in [-0.05, 0) is 56.9 Å². The van der Waals surface area contributed by atoms with E-state index >= 15 is 0 Å². The summed E-state index contributed by atoms with van der Waals surface area (Å²) in [5, 5.41) is 15.4. The summed E-state index contributed by atoms with van der Waals surface area (Å²) in [5.74, 6) is 6.28. The highest BCUT2D eigenvalue weighted by Crippen LogP contribution is 2.51. The number of carbonyl (C=O) groups is 1. The molecule has 2 atom stereocenters. The van der Waals surface area contributed by atoms with E-state index in [-0.39, 0.29) is 46.6 Å². The van der Waals surface area contributed by atoms with Gasteiger partial charge in [-0.3, -0.25) is 10.1 Å². The Bertz CT molecular complexity index is 1480. The first-order valence-corrected chi connectivity index (χ1v) is 12.0. The predicted molar refractivity (Wildman–Crippen MR) is 136 cm³/mol. The van der Waals surface area contributed by atoms with Crippen molar-refractivity contribution in [3.63, 3.8) is 0 Å². The van der Waals surface area contributed by atoms with Crippen LogP contribution in [0.25, 0.3) is 10.9 Å². The molecule has 37 heavy (non-hydrogen) atoms. The number of nitrogens with one attached hydrogen (secondary N) is 1. The molecule has 1 N–H and O–H groups in total. The number of amides is 1. The Hall–Kier alpha value is -3.97. The summed E-state index contributed by atoms with van der Waals surface area (Å²) < 4.78 is 19.7. The molecular weight excluding hydrogens is 501 g/mol. The maximum atomic E-state index is 14.2. The number of benzene rings is 2. The largest absolute Gasteiger partial charge is 0.444 e. The van der Waals surface area contributed by atoms with Crippen LogP contribution in [0.1, 0.15) is 26.3 Å². The Morgan fingerprint density at radius 3 is 2.65 bits per heavy atom. The molecule has 3 aromatic rings. The van der Waals surface area contributed by atoms with Gasteiger partial charge in [-0.2, -0.15) is 0 Å². The minimum absolute atomic E-state index is 0.0578. The molecule has 2 fully saturated rings. The Morgan fingerprint density at radius 2 is 1.97 bits per heavy atom. The third-order valence-electron chi connectivity index (χ3n) is 6.35. The first-order valence-electron chi connectivity index (χ1n) is 11.6. The van der Waals surface area contributed by atoms with Gasteiger partial charge in [-0.25, -0.2) is 19.2 Å². The first-order chi connectivity index (χ1) is 17.5. The fourth-order valence-electron chi connectivity index (χ4n) is 4.54. The van der Waals surface area contributed by atoms with Crippen molar-refractivity contribution < 1.29 is 18.8 Å². The van der Waals surface area contributed by atoms with E-state index in [2.05, 4.69) is 27.1 Å². The van der Waals surface area contributed by atoms with Crippen LogP contribution in [-0.2, 0) is 4.74 Å². The van der Waals surface area contributed by atoms with E-state index in [1.54, 1.807) is 4.90 Å². The molecule has 0 spiro atoms. The second-order valence-corrected chi connectivity index (χ2v) is 10.6. The van der Waals surface area contributed by atoms with E-state index in [1.165, 1.54) is 36.7 Å². The molecule has 2 unspecified atom stereocenters. The molecular formula is C26H23ClFN5O4. The SMILES string of the molecule is CC(C)(C)OC(=O)N1CC2C(C#Cc3cc4ncnc(Nc5cc(Cl)ccc5F)c4cc3[N+](=O)[O-])C2C1. The highest BCUT2D eigenvalue weighted by Gasteiger charge is 2.56. The van der Waals surface area contributed by atoms with Gasteiger partial charge in [0.1, 0.15) is 29.1 Å². The average Bonchev–Trinajstić information content (AvgIpc) is 3.26. The smallest absolute Gasteiger partial charge is 0.410 e. The summed E-state index contributed by atoms with van der Waals surface area (Å²) >= 11 is 5.97. The summed E-state index contributed by atoms with van der Waals surface area (Å²) in [6.07, 6.45) is 0.950. The average molecular weight is 524 g/mol. The number of fused-ring (bicyclic) bond motifs is 2. The lowest BCUT2D eigenvalue weighted by molar-refractivity contribution is -0.385. The van der Waals surface area contributed by atoms with Crippen LogP contribution in [0.5, 0.6) is 0 Å². The lowest BCUT2D eigenvalue weighted by atomic mass is 10.1. The van der Waals surface area contributed by atoms with Crippen LogP contribution in [0.4, 0.5) is 26.4 Å². The van der Waals surface area contributed by atoms with Gasteiger partial charge < -0.3 is 15.0 Å². The molecule has 1 aliphatic carbocycles. The van der Waals surface area contributed by atoms with E-state index < -0.39 is 16.3 Å². The number of hydrogen-bond acceptors (Lipinski definition) is 7. The first kappa shape index (κ1) is 24.7. The Balaban J connectivity index is 1.38. The summed E-state index contributed by atoms with van der Waals surface area (Å²) in [4.78, 5) is 33.7. The summed E-state index contributed by atoms with van der Waals surface area (Å²) in [7, 11) is 0. The number of anilines is 2. The van der Waals surface area contributed by atoms with Crippen molar-refractivity contribution >= 4 is 45.8 Å². The predicted octanol–water partition coefficient (Wildman–Crippen LogP) is 5.54. The summed E-state index contributed by atoms with van der Waals surface area (Å²) in [5.41, 5.74) is -0.0309. The normalized spacial score (nSPS) is 20.1. The second kappa shape index (κ2) is 9.16. The monoisotopic (exact) mass is 523 g/mol. The summed E-state index contributed by atoms with van der Waals surface area (Å²) in [6.45, 7) is 6.59. The van der Waals surface area contributed by atoms with Crippen molar-refractivity contribution in [1.29, 1.82) is 0 Å². The van der Waals surface area contributed by atoms with Crippen LogP contribution in [0.3, 0.4) is 0 Å². The third-order valence-corrected chi connectivity index (χ3v) is 6.59. The minimum Gasteiger partial charge on any atom is -0.444 e. The quantitative estimate of drug-likeness (QED) is 0.272. The van der Waals surface area contributed by atoms with E-state index in [9.17, 15) is 19.3 Å². The topological polar surface area (TPSA) is 110 Å². The van der Waals surface area contributed by atoms with Crippen LogP contribution in [0.2, 0.25) is 5.02 Å². The molecule has 9 nitrogen and oxygen atoms in total. The molecule has 0 radical (unpaired) electrons. The highest BCUT2D eigenvalue weighted by molar-refractivity contribution is 6.30.